The molecule has 0 atom stereocenters. The number of hydrogen-bond acceptors (Lipinski definition) is 2. The standard InChI is InChI=1S/C11H10ClN3O/c1-15-10(9(12)7-13-15)11(16)14-8-5-3-2-4-6-8/h2-7H,1H3,(H,14,16). The average Bonchev–Trinajstić information content (AvgIpc) is 2.60. The van der Waals surface area contributed by atoms with Crippen LogP contribution in [0.2, 0.25) is 5.02 Å². The van der Waals surface area contributed by atoms with Crippen molar-refractivity contribution in [3.05, 3.63) is 47.2 Å². The van der Waals surface area contributed by atoms with Crippen molar-refractivity contribution in [2.24, 2.45) is 7.05 Å². The predicted molar refractivity (Wildman–Crippen MR) is 62.6 cm³/mol. The quantitative estimate of drug-likeness (QED) is 0.869. The summed E-state index contributed by atoms with van der Waals surface area (Å²) in [5.41, 5.74) is 1.08. The molecule has 0 radical (unpaired) electrons. The van der Waals surface area contributed by atoms with Crippen LogP contribution in [0.25, 0.3) is 0 Å². The highest BCUT2D eigenvalue weighted by Crippen LogP contribution is 2.16. The van der Waals surface area contributed by atoms with E-state index in [2.05, 4.69) is 10.4 Å². The first kappa shape index (κ1) is 10.7. The van der Waals surface area contributed by atoms with E-state index < -0.39 is 0 Å². The van der Waals surface area contributed by atoms with Crippen LogP contribution >= 0.6 is 11.6 Å². The van der Waals surface area contributed by atoms with E-state index in [4.69, 9.17) is 11.6 Å². The molecule has 1 aromatic carbocycles. The van der Waals surface area contributed by atoms with Crippen LogP contribution in [0.1, 0.15) is 10.5 Å². The molecule has 5 heteroatoms. The number of benzene rings is 1. The zero-order valence-corrected chi connectivity index (χ0v) is 9.40. The molecule has 4 nitrogen and oxygen atoms in total. The maximum atomic E-state index is 11.9. The molecule has 1 amide bonds. The fraction of sp³-hybridized carbons (Fsp3) is 0.0909. The number of para-hydroxylation sites is 1. The molecule has 1 N–H and O–H groups in total. The lowest BCUT2D eigenvalue weighted by Crippen LogP contribution is -2.16. The van der Waals surface area contributed by atoms with E-state index in [-0.39, 0.29) is 5.91 Å². The second-order valence-corrected chi connectivity index (χ2v) is 3.69. The number of nitrogens with zero attached hydrogens (tertiary/aromatic N) is 2. The van der Waals surface area contributed by atoms with E-state index in [0.29, 0.717) is 10.7 Å². The molecule has 1 heterocycles. The molecule has 2 rings (SSSR count). The summed E-state index contributed by atoms with van der Waals surface area (Å²) in [6.45, 7) is 0. The Balaban J connectivity index is 2.22. The Morgan fingerprint density at radius 2 is 2.06 bits per heavy atom. The van der Waals surface area contributed by atoms with Crippen LogP contribution in [0, 0.1) is 0 Å². The van der Waals surface area contributed by atoms with Crippen molar-refractivity contribution < 1.29 is 4.79 Å². The van der Waals surface area contributed by atoms with E-state index in [1.54, 1.807) is 7.05 Å². The topological polar surface area (TPSA) is 46.9 Å². The van der Waals surface area contributed by atoms with Crippen LogP contribution in [0.5, 0.6) is 0 Å². The fourth-order valence-corrected chi connectivity index (χ4v) is 1.63. The van der Waals surface area contributed by atoms with Gasteiger partial charge in [0.1, 0.15) is 5.69 Å². The molecular formula is C11H10ClN3O. The lowest BCUT2D eigenvalue weighted by Gasteiger charge is -2.05. The fourth-order valence-electron chi connectivity index (χ4n) is 1.38. The van der Waals surface area contributed by atoms with E-state index in [9.17, 15) is 4.79 Å². The van der Waals surface area contributed by atoms with E-state index in [1.807, 2.05) is 30.3 Å². The highest BCUT2D eigenvalue weighted by Gasteiger charge is 2.15. The highest BCUT2D eigenvalue weighted by molar-refractivity contribution is 6.34. The molecule has 82 valence electrons. The molecule has 0 saturated heterocycles. The van der Waals surface area contributed by atoms with E-state index in [1.165, 1.54) is 10.9 Å². The highest BCUT2D eigenvalue weighted by atomic mass is 35.5. The number of nitrogens with one attached hydrogen (secondary N) is 1. The van der Waals surface area contributed by atoms with Crippen LogP contribution < -0.4 is 5.32 Å². The molecule has 0 saturated carbocycles. The van der Waals surface area contributed by atoms with Crippen LogP contribution in [0.3, 0.4) is 0 Å². The molecular weight excluding hydrogens is 226 g/mol. The Bertz CT molecular complexity index is 488. The van der Waals surface area contributed by atoms with Gasteiger partial charge in [-0.15, -0.1) is 0 Å². The summed E-state index contributed by atoms with van der Waals surface area (Å²) >= 11 is 5.86. The van der Waals surface area contributed by atoms with Gasteiger partial charge in [0.2, 0.25) is 0 Å². The summed E-state index contributed by atoms with van der Waals surface area (Å²) in [6, 6.07) is 9.19. The first-order chi connectivity index (χ1) is 7.68. The maximum absolute atomic E-state index is 11.9. The van der Waals surface area contributed by atoms with Gasteiger partial charge in [-0.1, -0.05) is 29.8 Å². The third-order valence-electron chi connectivity index (χ3n) is 2.14. The van der Waals surface area contributed by atoms with Crippen molar-refractivity contribution in [1.29, 1.82) is 0 Å². The van der Waals surface area contributed by atoms with Gasteiger partial charge in [-0.2, -0.15) is 5.10 Å². The van der Waals surface area contributed by atoms with Gasteiger partial charge in [-0.3, -0.25) is 9.48 Å². The average molecular weight is 236 g/mol. The minimum absolute atomic E-state index is 0.267. The van der Waals surface area contributed by atoms with Gasteiger partial charge in [0.25, 0.3) is 5.91 Å². The van der Waals surface area contributed by atoms with Crippen LogP contribution in [0.4, 0.5) is 5.69 Å². The normalized spacial score (nSPS) is 10.1. The molecule has 0 aliphatic carbocycles. The number of carbonyl (C=O) groups is 1. The number of hydrogen-bond donors (Lipinski definition) is 1. The van der Waals surface area contributed by atoms with Crippen molar-refractivity contribution in [2.75, 3.05) is 5.32 Å². The Labute approximate surface area is 97.8 Å². The largest absolute Gasteiger partial charge is 0.321 e. The van der Waals surface area contributed by atoms with Crippen molar-refractivity contribution in [3.63, 3.8) is 0 Å². The van der Waals surface area contributed by atoms with Gasteiger partial charge in [0.15, 0.2) is 0 Å². The van der Waals surface area contributed by atoms with Crippen molar-refractivity contribution in [1.82, 2.24) is 9.78 Å². The first-order valence-corrected chi connectivity index (χ1v) is 5.10. The summed E-state index contributed by atoms with van der Waals surface area (Å²) in [5, 5.41) is 6.99. The van der Waals surface area contributed by atoms with Gasteiger partial charge in [-0.05, 0) is 12.1 Å². The van der Waals surface area contributed by atoms with Crippen molar-refractivity contribution in [3.8, 4) is 0 Å². The van der Waals surface area contributed by atoms with Crippen LogP contribution in [-0.2, 0) is 7.05 Å². The minimum Gasteiger partial charge on any atom is -0.321 e. The number of rotatable bonds is 2. The molecule has 0 aliphatic rings. The summed E-state index contributed by atoms with van der Waals surface area (Å²) in [4.78, 5) is 11.9. The minimum atomic E-state index is -0.267. The Morgan fingerprint density at radius 3 is 2.62 bits per heavy atom. The number of aryl methyl sites for hydroxylation is 1. The first-order valence-electron chi connectivity index (χ1n) is 4.72. The molecule has 0 fully saturated rings. The van der Waals surface area contributed by atoms with Gasteiger partial charge in [0, 0.05) is 12.7 Å². The van der Waals surface area contributed by atoms with Gasteiger partial charge in [0.05, 0.1) is 11.2 Å². The molecule has 1 aromatic heterocycles. The van der Waals surface area contributed by atoms with Gasteiger partial charge >= 0.3 is 0 Å². The summed E-state index contributed by atoms with van der Waals surface area (Å²) in [7, 11) is 1.67. The van der Waals surface area contributed by atoms with Gasteiger partial charge < -0.3 is 5.32 Å². The summed E-state index contributed by atoms with van der Waals surface area (Å²) < 4.78 is 1.45. The Hall–Kier alpha value is -1.81. The third kappa shape index (κ3) is 2.06. The zero-order chi connectivity index (χ0) is 11.5. The second-order valence-electron chi connectivity index (χ2n) is 3.28. The second kappa shape index (κ2) is 4.37. The van der Waals surface area contributed by atoms with Crippen molar-refractivity contribution in [2.45, 2.75) is 0 Å². The Morgan fingerprint density at radius 1 is 1.38 bits per heavy atom. The lowest BCUT2D eigenvalue weighted by atomic mass is 10.3. The SMILES string of the molecule is Cn1ncc(Cl)c1C(=O)Nc1ccccc1. The smallest absolute Gasteiger partial charge is 0.275 e. The molecule has 0 bridgehead atoms. The molecule has 2 aromatic rings. The lowest BCUT2D eigenvalue weighted by molar-refractivity contribution is 0.101. The summed E-state index contributed by atoms with van der Waals surface area (Å²) in [5.74, 6) is -0.267. The zero-order valence-electron chi connectivity index (χ0n) is 8.64. The molecule has 16 heavy (non-hydrogen) atoms. The number of carbonyl (C=O) groups excluding carboxylic acids is 1. The number of anilines is 1. The number of halogens is 1. The molecule has 0 unspecified atom stereocenters. The molecule has 0 aliphatic heterocycles. The van der Waals surface area contributed by atoms with Crippen LogP contribution in [0.15, 0.2) is 36.5 Å². The number of aromatic nitrogens is 2. The van der Waals surface area contributed by atoms with Gasteiger partial charge in [-0.25, -0.2) is 0 Å². The predicted octanol–water partition coefficient (Wildman–Crippen LogP) is 2.33. The summed E-state index contributed by atoms with van der Waals surface area (Å²) in [6.07, 6.45) is 1.45. The Kier molecular flexibility index (Phi) is 2.92. The number of amides is 1. The van der Waals surface area contributed by atoms with E-state index >= 15 is 0 Å². The van der Waals surface area contributed by atoms with Crippen molar-refractivity contribution >= 4 is 23.2 Å². The molecule has 0 spiro atoms. The van der Waals surface area contributed by atoms with E-state index in [0.717, 1.165) is 5.69 Å². The monoisotopic (exact) mass is 235 g/mol. The maximum Gasteiger partial charge on any atom is 0.275 e. The third-order valence-corrected chi connectivity index (χ3v) is 2.42. The van der Waals surface area contributed by atoms with Crippen LogP contribution in [-0.4, -0.2) is 15.7 Å².